The predicted octanol–water partition coefficient (Wildman–Crippen LogP) is 2.20. The van der Waals surface area contributed by atoms with Gasteiger partial charge in [-0.2, -0.15) is 0 Å². The first kappa shape index (κ1) is 14.7. The Kier molecular flexibility index (Phi) is 4.67. The Bertz CT molecular complexity index is 508. The number of nitrogens with zero attached hydrogens (tertiary/aromatic N) is 1. The number of methoxy groups -OCH3 is 1. The SMILES string of the molecule is COC(=O)c1cc([N+](=O)[O-])c(NCC(F)F)cc1F. The van der Waals surface area contributed by atoms with Crippen molar-refractivity contribution in [2.45, 2.75) is 6.43 Å². The van der Waals surface area contributed by atoms with E-state index in [1.807, 2.05) is 5.32 Å². The zero-order valence-corrected chi connectivity index (χ0v) is 9.65. The number of nitrogens with one attached hydrogen (secondary N) is 1. The molecule has 6 nitrogen and oxygen atoms in total. The molecule has 1 aromatic carbocycles. The van der Waals surface area contributed by atoms with E-state index in [-0.39, 0.29) is 0 Å². The second-order valence-electron chi connectivity index (χ2n) is 3.37. The third-order valence-electron chi connectivity index (χ3n) is 2.13. The summed E-state index contributed by atoms with van der Waals surface area (Å²) in [7, 11) is 0.983. The molecule has 0 bridgehead atoms. The van der Waals surface area contributed by atoms with Crippen LogP contribution in [-0.2, 0) is 4.74 Å². The summed E-state index contributed by atoms with van der Waals surface area (Å²) in [4.78, 5) is 21.0. The molecular formula is C10H9F3N2O4. The molecule has 9 heteroatoms. The Balaban J connectivity index is 3.21. The highest BCUT2D eigenvalue weighted by Gasteiger charge is 2.23. The van der Waals surface area contributed by atoms with Gasteiger partial charge in [-0.05, 0) is 0 Å². The molecule has 0 unspecified atom stereocenters. The Morgan fingerprint density at radius 1 is 1.53 bits per heavy atom. The fraction of sp³-hybridized carbons (Fsp3) is 0.300. The van der Waals surface area contributed by atoms with Crippen molar-refractivity contribution in [1.29, 1.82) is 0 Å². The number of benzene rings is 1. The molecule has 0 heterocycles. The van der Waals surface area contributed by atoms with Crippen LogP contribution in [0.15, 0.2) is 12.1 Å². The van der Waals surface area contributed by atoms with Crippen molar-refractivity contribution < 1.29 is 27.6 Å². The molecule has 0 saturated carbocycles. The van der Waals surface area contributed by atoms with Crippen LogP contribution in [0.2, 0.25) is 0 Å². The number of anilines is 1. The summed E-state index contributed by atoms with van der Waals surface area (Å²) >= 11 is 0. The van der Waals surface area contributed by atoms with E-state index < -0.39 is 46.6 Å². The van der Waals surface area contributed by atoms with Crippen molar-refractivity contribution >= 4 is 17.3 Å². The molecule has 1 N–H and O–H groups in total. The number of nitro benzene ring substituents is 1. The Labute approximate surface area is 105 Å². The highest BCUT2D eigenvalue weighted by molar-refractivity contribution is 5.91. The topological polar surface area (TPSA) is 81.5 Å². The van der Waals surface area contributed by atoms with Gasteiger partial charge in [-0.3, -0.25) is 10.1 Å². The second kappa shape index (κ2) is 6.03. The number of carbonyl (C=O) groups is 1. The molecule has 0 saturated heterocycles. The Morgan fingerprint density at radius 3 is 2.63 bits per heavy atom. The first-order valence-electron chi connectivity index (χ1n) is 4.95. The van der Waals surface area contributed by atoms with Crippen molar-refractivity contribution in [1.82, 2.24) is 0 Å². The van der Waals surface area contributed by atoms with Crippen molar-refractivity contribution in [2.75, 3.05) is 19.0 Å². The lowest BCUT2D eigenvalue weighted by molar-refractivity contribution is -0.384. The number of ether oxygens (including phenoxy) is 1. The van der Waals surface area contributed by atoms with Gasteiger partial charge in [-0.15, -0.1) is 0 Å². The number of esters is 1. The van der Waals surface area contributed by atoms with Gasteiger partial charge in [0.1, 0.15) is 17.1 Å². The van der Waals surface area contributed by atoms with E-state index >= 15 is 0 Å². The number of halogens is 3. The number of alkyl halides is 2. The van der Waals surface area contributed by atoms with Gasteiger partial charge in [0, 0.05) is 12.1 Å². The molecule has 1 rings (SSSR count). The van der Waals surface area contributed by atoms with Gasteiger partial charge >= 0.3 is 5.97 Å². The average Bonchev–Trinajstić information content (AvgIpc) is 2.34. The van der Waals surface area contributed by atoms with E-state index in [1.54, 1.807) is 0 Å². The van der Waals surface area contributed by atoms with Crippen LogP contribution in [0, 0.1) is 15.9 Å². The summed E-state index contributed by atoms with van der Waals surface area (Å²) in [6.07, 6.45) is -2.76. The van der Waals surface area contributed by atoms with Crippen LogP contribution < -0.4 is 5.32 Å². The molecule has 0 aliphatic heterocycles. The second-order valence-corrected chi connectivity index (χ2v) is 3.37. The maximum absolute atomic E-state index is 13.5. The average molecular weight is 278 g/mol. The summed E-state index contributed by atoms with van der Waals surface area (Å²) in [6, 6.07) is 1.24. The molecular weight excluding hydrogens is 269 g/mol. The van der Waals surface area contributed by atoms with Gasteiger partial charge in [0.05, 0.1) is 18.6 Å². The molecule has 0 aromatic heterocycles. The van der Waals surface area contributed by atoms with Crippen LogP contribution in [0.1, 0.15) is 10.4 Å². The third kappa shape index (κ3) is 3.57. The van der Waals surface area contributed by atoms with Crippen molar-refractivity contribution in [3.8, 4) is 0 Å². The van der Waals surface area contributed by atoms with Crippen LogP contribution in [0.3, 0.4) is 0 Å². The first-order valence-corrected chi connectivity index (χ1v) is 4.95. The fourth-order valence-corrected chi connectivity index (χ4v) is 1.31. The number of carbonyl (C=O) groups excluding carboxylic acids is 1. The van der Waals surface area contributed by atoms with Gasteiger partial charge in [0.2, 0.25) is 0 Å². The maximum atomic E-state index is 13.5. The van der Waals surface area contributed by atoms with Crippen molar-refractivity contribution in [3.63, 3.8) is 0 Å². The molecule has 0 fully saturated rings. The Hall–Kier alpha value is -2.32. The maximum Gasteiger partial charge on any atom is 0.341 e. The molecule has 0 amide bonds. The smallest absolute Gasteiger partial charge is 0.341 e. The highest BCUT2D eigenvalue weighted by Crippen LogP contribution is 2.28. The lowest BCUT2D eigenvalue weighted by Crippen LogP contribution is -2.13. The number of hydrogen-bond acceptors (Lipinski definition) is 5. The summed E-state index contributed by atoms with van der Waals surface area (Å²) in [5.41, 5.74) is -1.77. The first-order chi connectivity index (χ1) is 8.86. The van der Waals surface area contributed by atoms with Crippen molar-refractivity contribution in [2.24, 2.45) is 0 Å². The molecule has 1 aromatic rings. The minimum atomic E-state index is -2.76. The van der Waals surface area contributed by atoms with Crippen LogP contribution in [0.25, 0.3) is 0 Å². The Morgan fingerprint density at radius 2 is 2.16 bits per heavy atom. The summed E-state index contributed by atoms with van der Waals surface area (Å²) in [5.74, 6) is -2.20. The van der Waals surface area contributed by atoms with Gasteiger partial charge in [-0.25, -0.2) is 18.0 Å². The lowest BCUT2D eigenvalue weighted by Gasteiger charge is -2.08. The van der Waals surface area contributed by atoms with E-state index in [4.69, 9.17) is 0 Å². The molecule has 0 spiro atoms. The van der Waals surface area contributed by atoms with Crippen molar-refractivity contribution in [3.05, 3.63) is 33.6 Å². The monoisotopic (exact) mass is 278 g/mol. The molecule has 0 radical (unpaired) electrons. The quantitative estimate of drug-likeness (QED) is 0.507. The van der Waals surface area contributed by atoms with E-state index in [9.17, 15) is 28.1 Å². The number of rotatable bonds is 5. The van der Waals surface area contributed by atoms with Crippen LogP contribution in [-0.4, -0.2) is 31.0 Å². The number of nitro groups is 1. The van der Waals surface area contributed by atoms with Gasteiger partial charge < -0.3 is 10.1 Å². The minimum Gasteiger partial charge on any atom is -0.465 e. The van der Waals surface area contributed by atoms with E-state index in [2.05, 4.69) is 4.74 Å². The van der Waals surface area contributed by atoms with Crippen LogP contribution in [0.4, 0.5) is 24.5 Å². The third-order valence-corrected chi connectivity index (χ3v) is 2.13. The van der Waals surface area contributed by atoms with Gasteiger partial charge in [-0.1, -0.05) is 0 Å². The summed E-state index contributed by atoms with van der Waals surface area (Å²) in [6.45, 7) is -0.877. The normalized spacial score (nSPS) is 10.4. The lowest BCUT2D eigenvalue weighted by atomic mass is 10.1. The van der Waals surface area contributed by atoms with Crippen LogP contribution >= 0.6 is 0 Å². The molecule has 0 atom stereocenters. The molecule has 0 aliphatic rings. The summed E-state index contributed by atoms with van der Waals surface area (Å²) in [5, 5.41) is 12.8. The number of hydrogen-bond donors (Lipinski definition) is 1. The largest absolute Gasteiger partial charge is 0.465 e. The predicted molar refractivity (Wildman–Crippen MR) is 58.9 cm³/mol. The highest BCUT2D eigenvalue weighted by atomic mass is 19.3. The van der Waals surface area contributed by atoms with Gasteiger partial charge in [0.15, 0.2) is 0 Å². The zero-order chi connectivity index (χ0) is 14.6. The van der Waals surface area contributed by atoms with Crippen LogP contribution in [0.5, 0.6) is 0 Å². The summed E-state index contributed by atoms with van der Waals surface area (Å²) < 4.78 is 41.8. The molecule has 104 valence electrons. The van der Waals surface area contributed by atoms with E-state index in [0.717, 1.165) is 7.11 Å². The zero-order valence-electron chi connectivity index (χ0n) is 9.65. The fourth-order valence-electron chi connectivity index (χ4n) is 1.31. The molecule has 19 heavy (non-hydrogen) atoms. The van der Waals surface area contributed by atoms with Gasteiger partial charge in [0.25, 0.3) is 12.1 Å². The standard InChI is InChI=1S/C10H9F3N2O4/c1-19-10(16)5-2-8(15(17)18)7(3-6(5)11)14-4-9(12)13/h2-3,9,14H,4H2,1H3. The minimum absolute atomic E-state index is 0.435. The van der Waals surface area contributed by atoms with E-state index in [1.165, 1.54) is 0 Å². The van der Waals surface area contributed by atoms with E-state index in [0.29, 0.717) is 12.1 Å². The molecule has 0 aliphatic carbocycles.